The largest absolute Gasteiger partial charge is 0.490 e. The van der Waals surface area contributed by atoms with Gasteiger partial charge in [0.1, 0.15) is 12.4 Å². The highest BCUT2D eigenvalue weighted by Gasteiger charge is 2.35. The fourth-order valence-corrected chi connectivity index (χ4v) is 4.16. The van der Waals surface area contributed by atoms with Gasteiger partial charge in [0.2, 0.25) is 0 Å². The van der Waals surface area contributed by atoms with Gasteiger partial charge < -0.3 is 9.30 Å². The van der Waals surface area contributed by atoms with Crippen LogP contribution in [0, 0.1) is 10.1 Å². The smallest absolute Gasteiger partial charge is 0.293 e. The normalized spacial score (nSPS) is 14.9. The van der Waals surface area contributed by atoms with Gasteiger partial charge in [-0.2, -0.15) is 0 Å². The number of amides is 2. The molecule has 0 atom stereocenters. The number of carbonyl (C=O) groups is 2. The van der Waals surface area contributed by atoms with Crippen molar-refractivity contribution in [1.82, 2.24) is 9.47 Å². The Hall–Kier alpha value is -3.56. The van der Waals surface area contributed by atoms with Crippen LogP contribution < -0.4 is 4.74 Å². The molecule has 0 spiro atoms. The third-order valence-corrected chi connectivity index (χ3v) is 5.90. The van der Waals surface area contributed by atoms with Gasteiger partial charge in [0, 0.05) is 29.7 Å². The van der Waals surface area contributed by atoms with Crippen molar-refractivity contribution < 1.29 is 19.2 Å². The van der Waals surface area contributed by atoms with E-state index in [2.05, 4.69) is 0 Å². The van der Waals surface area contributed by atoms with E-state index in [9.17, 15) is 19.7 Å². The lowest BCUT2D eigenvalue weighted by Gasteiger charge is -2.13. The number of nitro benzene ring substituents is 1. The third kappa shape index (κ3) is 4.53. The van der Waals surface area contributed by atoms with Crippen molar-refractivity contribution in [3.63, 3.8) is 0 Å². The average Bonchev–Trinajstić information content (AvgIpc) is 3.35. The zero-order chi connectivity index (χ0) is 22.7. The Bertz CT molecular complexity index is 1220. The minimum atomic E-state index is -0.466. The lowest BCUT2D eigenvalue weighted by molar-refractivity contribution is -0.384. The Labute approximate surface area is 192 Å². The zero-order valence-corrected chi connectivity index (χ0v) is 18.1. The van der Waals surface area contributed by atoms with E-state index in [0.29, 0.717) is 22.2 Å². The molecule has 1 fully saturated rings. The lowest BCUT2D eigenvalue weighted by atomic mass is 10.2. The number of hydrogen-bond donors (Lipinski definition) is 0. The molecule has 162 valence electrons. The maximum atomic E-state index is 12.8. The number of thioether (sulfide) groups is 1. The number of hydrogen-bond acceptors (Lipinski definition) is 6. The molecule has 2 aromatic carbocycles. The summed E-state index contributed by atoms with van der Waals surface area (Å²) in [7, 11) is 0. The molecular weight excluding hydrogens is 454 g/mol. The van der Waals surface area contributed by atoms with E-state index in [0.717, 1.165) is 16.7 Å². The maximum absolute atomic E-state index is 12.8. The summed E-state index contributed by atoms with van der Waals surface area (Å²) in [5, 5.41) is 10.9. The zero-order valence-electron chi connectivity index (χ0n) is 16.5. The van der Waals surface area contributed by atoms with Crippen LogP contribution in [0.5, 0.6) is 5.75 Å². The molecular formula is C22H16ClN3O5S. The number of carbonyl (C=O) groups excluding carboxylic acids is 2. The molecule has 0 N–H and O–H groups in total. The SMILES string of the molecule is O=C1S/C(=C\c2cccn2-c2ccc([N+](=O)[O-])cc2)C(=O)N1CCOc1ccccc1Cl. The van der Waals surface area contributed by atoms with Gasteiger partial charge in [-0.3, -0.25) is 24.6 Å². The number of rotatable bonds is 7. The standard InChI is InChI=1S/C22H16ClN3O5S/c23-18-5-1-2-6-19(18)31-13-12-25-21(27)20(32-22(25)28)14-17-4-3-11-24(17)15-7-9-16(10-8-15)26(29)30/h1-11,14H,12-13H2/b20-14-. The Kier molecular flexibility index (Phi) is 6.29. The highest BCUT2D eigenvalue weighted by Crippen LogP contribution is 2.33. The number of benzene rings is 2. The molecule has 10 heteroatoms. The minimum absolute atomic E-state index is 0.0115. The lowest BCUT2D eigenvalue weighted by Crippen LogP contribution is -2.32. The molecule has 2 amide bonds. The van der Waals surface area contributed by atoms with E-state index in [4.69, 9.17) is 16.3 Å². The van der Waals surface area contributed by atoms with Crippen molar-refractivity contribution >= 4 is 46.3 Å². The molecule has 0 aliphatic carbocycles. The molecule has 0 bridgehead atoms. The van der Waals surface area contributed by atoms with Crippen LogP contribution in [-0.4, -0.2) is 38.7 Å². The molecule has 0 radical (unpaired) electrons. The number of nitrogens with zero attached hydrogens (tertiary/aromatic N) is 3. The summed E-state index contributed by atoms with van der Waals surface area (Å²) in [4.78, 5) is 36.9. The summed E-state index contributed by atoms with van der Waals surface area (Å²) in [6, 6.07) is 16.6. The van der Waals surface area contributed by atoms with E-state index in [1.165, 1.54) is 12.1 Å². The number of aromatic nitrogens is 1. The van der Waals surface area contributed by atoms with Gasteiger partial charge in [-0.05, 0) is 54.2 Å². The van der Waals surface area contributed by atoms with Gasteiger partial charge in [0.05, 0.1) is 21.4 Å². The van der Waals surface area contributed by atoms with Crippen molar-refractivity contribution in [2.45, 2.75) is 0 Å². The van der Waals surface area contributed by atoms with Crippen LogP contribution in [0.15, 0.2) is 71.8 Å². The first-order chi connectivity index (χ1) is 15.4. The van der Waals surface area contributed by atoms with Gasteiger partial charge in [-0.25, -0.2) is 0 Å². The second kappa shape index (κ2) is 9.29. The summed E-state index contributed by atoms with van der Waals surface area (Å²) < 4.78 is 7.36. The number of ether oxygens (including phenoxy) is 1. The number of nitro groups is 1. The Morgan fingerprint density at radius 3 is 2.53 bits per heavy atom. The fourth-order valence-electron chi connectivity index (χ4n) is 3.12. The van der Waals surface area contributed by atoms with Crippen LogP contribution in [0.2, 0.25) is 5.02 Å². The molecule has 4 rings (SSSR count). The van der Waals surface area contributed by atoms with Crippen LogP contribution in [0.25, 0.3) is 11.8 Å². The second-order valence-corrected chi connectivity index (χ2v) is 8.09. The van der Waals surface area contributed by atoms with E-state index >= 15 is 0 Å². The Morgan fingerprint density at radius 1 is 1.06 bits per heavy atom. The maximum Gasteiger partial charge on any atom is 0.293 e. The Balaban J connectivity index is 1.47. The van der Waals surface area contributed by atoms with E-state index < -0.39 is 10.8 Å². The second-order valence-electron chi connectivity index (χ2n) is 6.69. The first-order valence-electron chi connectivity index (χ1n) is 9.49. The molecule has 0 saturated carbocycles. The van der Waals surface area contributed by atoms with Crippen LogP contribution in [-0.2, 0) is 4.79 Å². The molecule has 32 heavy (non-hydrogen) atoms. The molecule has 1 aromatic heterocycles. The van der Waals surface area contributed by atoms with Gasteiger partial charge in [0.25, 0.3) is 16.8 Å². The summed E-state index contributed by atoms with van der Waals surface area (Å²) in [5.74, 6) is 0.0804. The molecule has 1 aliphatic rings. The summed E-state index contributed by atoms with van der Waals surface area (Å²) in [6.45, 7) is 0.213. The van der Waals surface area contributed by atoms with Crippen LogP contribution in [0.3, 0.4) is 0 Å². The molecule has 8 nitrogen and oxygen atoms in total. The van der Waals surface area contributed by atoms with Crippen molar-refractivity contribution in [2.75, 3.05) is 13.2 Å². The van der Waals surface area contributed by atoms with Crippen molar-refractivity contribution in [3.05, 3.63) is 92.6 Å². The van der Waals surface area contributed by atoms with Gasteiger partial charge in [0.15, 0.2) is 0 Å². The molecule has 3 aromatic rings. The summed E-state index contributed by atoms with van der Waals surface area (Å²) in [5.41, 5.74) is 1.35. The molecule has 0 unspecified atom stereocenters. The van der Waals surface area contributed by atoms with Crippen LogP contribution in [0.4, 0.5) is 10.5 Å². The Morgan fingerprint density at radius 2 is 1.81 bits per heavy atom. The van der Waals surface area contributed by atoms with Gasteiger partial charge in [-0.1, -0.05) is 23.7 Å². The van der Waals surface area contributed by atoms with Gasteiger partial charge >= 0.3 is 0 Å². The minimum Gasteiger partial charge on any atom is -0.490 e. The van der Waals surface area contributed by atoms with Crippen LogP contribution in [0.1, 0.15) is 5.69 Å². The number of imide groups is 1. The van der Waals surface area contributed by atoms with Crippen molar-refractivity contribution in [1.29, 1.82) is 0 Å². The number of halogens is 1. The van der Waals surface area contributed by atoms with Gasteiger partial charge in [-0.15, -0.1) is 0 Å². The average molecular weight is 470 g/mol. The highest BCUT2D eigenvalue weighted by atomic mass is 35.5. The van der Waals surface area contributed by atoms with E-state index in [1.54, 1.807) is 65.4 Å². The van der Waals surface area contributed by atoms with E-state index in [-0.39, 0.29) is 29.0 Å². The molecule has 1 aliphatic heterocycles. The predicted molar refractivity (Wildman–Crippen MR) is 122 cm³/mol. The number of non-ortho nitro benzene ring substituents is 1. The highest BCUT2D eigenvalue weighted by molar-refractivity contribution is 8.18. The van der Waals surface area contributed by atoms with Crippen molar-refractivity contribution in [3.8, 4) is 11.4 Å². The monoisotopic (exact) mass is 469 g/mol. The third-order valence-electron chi connectivity index (χ3n) is 4.68. The first-order valence-corrected chi connectivity index (χ1v) is 10.7. The predicted octanol–water partition coefficient (Wildman–Crippen LogP) is 5.15. The fraction of sp³-hybridized carbons (Fsp3) is 0.0909. The summed E-state index contributed by atoms with van der Waals surface area (Å²) in [6.07, 6.45) is 3.40. The first kappa shape index (κ1) is 21.7. The number of para-hydroxylation sites is 1. The van der Waals surface area contributed by atoms with Crippen molar-refractivity contribution in [2.24, 2.45) is 0 Å². The quantitative estimate of drug-likeness (QED) is 0.269. The molecule has 1 saturated heterocycles. The van der Waals surface area contributed by atoms with Crippen LogP contribution >= 0.6 is 23.4 Å². The topological polar surface area (TPSA) is 94.7 Å². The summed E-state index contributed by atoms with van der Waals surface area (Å²) >= 11 is 6.90. The van der Waals surface area contributed by atoms with E-state index in [1.807, 2.05) is 0 Å². The molecule has 2 heterocycles.